The summed E-state index contributed by atoms with van der Waals surface area (Å²) in [4.78, 5) is 7.17. The first-order valence-electron chi connectivity index (χ1n) is 8.72. The van der Waals surface area contributed by atoms with E-state index in [1.54, 1.807) is 0 Å². The van der Waals surface area contributed by atoms with Crippen LogP contribution in [0.15, 0.2) is 4.99 Å². The van der Waals surface area contributed by atoms with Crippen LogP contribution in [0, 0.1) is 5.92 Å². The third-order valence-electron chi connectivity index (χ3n) is 4.62. The van der Waals surface area contributed by atoms with Gasteiger partial charge in [-0.25, -0.2) is 0 Å². The lowest BCUT2D eigenvalue weighted by molar-refractivity contribution is 0.136. The van der Waals surface area contributed by atoms with Gasteiger partial charge in [-0.1, -0.05) is 12.8 Å². The Morgan fingerprint density at radius 2 is 1.95 bits per heavy atom. The van der Waals surface area contributed by atoms with Gasteiger partial charge in [-0.3, -0.25) is 4.99 Å². The van der Waals surface area contributed by atoms with Crippen LogP contribution in [0.4, 0.5) is 0 Å². The standard InChI is InChI=1S/C16H32N4O/c1-2-17-16(19-13-14-7-6-8-15(14)21)18-9-12-20-10-4-3-5-11-20/h14-15,21H,2-13H2,1H3,(H2,17,18,19). The Morgan fingerprint density at radius 3 is 2.62 bits per heavy atom. The van der Waals surface area contributed by atoms with Crippen molar-refractivity contribution in [3.8, 4) is 0 Å². The van der Waals surface area contributed by atoms with E-state index in [0.717, 1.165) is 51.4 Å². The molecule has 2 fully saturated rings. The fourth-order valence-electron chi connectivity index (χ4n) is 3.30. The van der Waals surface area contributed by atoms with Gasteiger partial charge in [-0.05, 0) is 45.7 Å². The van der Waals surface area contributed by atoms with Crippen LogP contribution in [-0.2, 0) is 0 Å². The summed E-state index contributed by atoms with van der Waals surface area (Å²) < 4.78 is 0. The maximum atomic E-state index is 9.86. The number of hydrogen-bond acceptors (Lipinski definition) is 3. The Labute approximate surface area is 129 Å². The second-order valence-electron chi connectivity index (χ2n) is 6.31. The van der Waals surface area contributed by atoms with E-state index >= 15 is 0 Å². The van der Waals surface area contributed by atoms with Gasteiger partial charge in [0.25, 0.3) is 0 Å². The minimum Gasteiger partial charge on any atom is -0.393 e. The third kappa shape index (κ3) is 5.83. The molecule has 0 spiro atoms. The summed E-state index contributed by atoms with van der Waals surface area (Å²) in [5.41, 5.74) is 0. The average Bonchev–Trinajstić information content (AvgIpc) is 2.91. The van der Waals surface area contributed by atoms with Crippen molar-refractivity contribution >= 4 is 5.96 Å². The van der Waals surface area contributed by atoms with Gasteiger partial charge in [0, 0.05) is 32.1 Å². The van der Waals surface area contributed by atoms with Crippen molar-refractivity contribution in [3.63, 3.8) is 0 Å². The molecule has 0 aromatic rings. The summed E-state index contributed by atoms with van der Waals surface area (Å²) in [5, 5.41) is 16.6. The van der Waals surface area contributed by atoms with Gasteiger partial charge in [0.15, 0.2) is 5.96 Å². The average molecular weight is 296 g/mol. The van der Waals surface area contributed by atoms with Gasteiger partial charge in [0.05, 0.1) is 6.10 Å². The van der Waals surface area contributed by atoms with Crippen LogP contribution in [0.1, 0.15) is 45.4 Å². The van der Waals surface area contributed by atoms with Crippen LogP contribution in [0.5, 0.6) is 0 Å². The van der Waals surface area contributed by atoms with Crippen LogP contribution in [0.2, 0.25) is 0 Å². The van der Waals surface area contributed by atoms with Gasteiger partial charge in [0.1, 0.15) is 0 Å². The fraction of sp³-hybridized carbons (Fsp3) is 0.938. The molecule has 0 aromatic heterocycles. The number of guanidine groups is 1. The van der Waals surface area contributed by atoms with Crippen LogP contribution in [0.3, 0.4) is 0 Å². The number of aliphatic hydroxyl groups is 1. The first-order chi connectivity index (χ1) is 10.3. The molecule has 0 aromatic carbocycles. The Kier molecular flexibility index (Phi) is 7.30. The lowest BCUT2D eigenvalue weighted by atomic mass is 10.1. The highest BCUT2D eigenvalue weighted by Gasteiger charge is 2.24. The van der Waals surface area contributed by atoms with E-state index in [1.165, 1.54) is 32.4 Å². The molecule has 1 saturated heterocycles. The van der Waals surface area contributed by atoms with E-state index in [2.05, 4.69) is 27.4 Å². The predicted octanol–water partition coefficient (Wildman–Crippen LogP) is 1.19. The highest BCUT2D eigenvalue weighted by atomic mass is 16.3. The van der Waals surface area contributed by atoms with E-state index in [-0.39, 0.29) is 6.10 Å². The summed E-state index contributed by atoms with van der Waals surface area (Å²) >= 11 is 0. The van der Waals surface area contributed by atoms with Crippen LogP contribution < -0.4 is 10.6 Å². The molecule has 1 heterocycles. The minimum absolute atomic E-state index is 0.148. The topological polar surface area (TPSA) is 59.9 Å². The van der Waals surface area contributed by atoms with E-state index in [1.807, 2.05) is 0 Å². The van der Waals surface area contributed by atoms with Crippen LogP contribution in [0.25, 0.3) is 0 Å². The second kappa shape index (κ2) is 9.26. The van der Waals surface area contributed by atoms with Crippen molar-refractivity contribution in [1.82, 2.24) is 15.5 Å². The Bertz CT molecular complexity index is 315. The number of nitrogens with zero attached hydrogens (tertiary/aromatic N) is 2. The molecule has 5 heteroatoms. The summed E-state index contributed by atoms with van der Waals surface area (Å²) in [5.74, 6) is 1.25. The molecule has 3 N–H and O–H groups in total. The van der Waals surface area contributed by atoms with E-state index < -0.39 is 0 Å². The molecule has 122 valence electrons. The summed E-state index contributed by atoms with van der Waals surface area (Å²) in [6.45, 7) is 8.22. The van der Waals surface area contributed by atoms with Crippen molar-refractivity contribution in [2.24, 2.45) is 10.9 Å². The van der Waals surface area contributed by atoms with Crippen LogP contribution >= 0.6 is 0 Å². The molecule has 0 bridgehead atoms. The van der Waals surface area contributed by atoms with Gasteiger partial charge in [-0.2, -0.15) is 0 Å². The van der Waals surface area contributed by atoms with Gasteiger partial charge < -0.3 is 20.6 Å². The zero-order chi connectivity index (χ0) is 14.9. The van der Waals surface area contributed by atoms with Crippen molar-refractivity contribution in [2.75, 3.05) is 39.3 Å². The van der Waals surface area contributed by atoms with Crippen LogP contribution in [-0.4, -0.2) is 61.3 Å². The fourth-order valence-corrected chi connectivity index (χ4v) is 3.30. The monoisotopic (exact) mass is 296 g/mol. The lowest BCUT2D eigenvalue weighted by Gasteiger charge is -2.26. The molecule has 1 aliphatic carbocycles. The number of rotatable bonds is 6. The predicted molar refractivity (Wildman–Crippen MR) is 87.6 cm³/mol. The molecule has 1 aliphatic heterocycles. The second-order valence-corrected chi connectivity index (χ2v) is 6.31. The molecule has 21 heavy (non-hydrogen) atoms. The highest BCUT2D eigenvalue weighted by molar-refractivity contribution is 5.79. The summed E-state index contributed by atoms with van der Waals surface area (Å²) in [7, 11) is 0. The minimum atomic E-state index is -0.148. The van der Waals surface area contributed by atoms with E-state index in [9.17, 15) is 5.11 Å². The molecule has 2 unspecified atom stereocenters. The van der Waals surface area contributed by atoms with E-state index in [0.29, 0.717) is 5.92 Å². The Morgan fingerprint density at radius 1 is 1.14 bits per heavy atom. The number of nitrogens with one attached hydrogen (secondary N) is 2. The number of aliphatic imine (C=N–C) groups is 1. The largest absolute Gasteiger partial charge is 0.393 e. The first kappa shape index (κ1) is 16.6. The highest BCUT2D eigenvalue weighted by Crippen LogP contribution is 2.25. The zero-order valence-corrected chi connectivity index (χ0v) is 13.5. The maximum absolute atomic E-state index is 9.86. The van der Waals surface area contributed by atoms with Gasteiger partial charge in [0.2, 0.25) is 0 Å². The number of aliphatic hydroxyl groups excluding tert-OH is 1. The SMILES string of the molecule is CCNC(=NCC1CCCC1O)NCCN1CCCCC1. The molecule has 2 aliphatic rings. The molecule has 5 nitrogen and oxygen atoms in total. The molecule has 1 saturated carbocycles. The number of piperidine rings is 1. The Balaban J connectivity index is 1.69. The molecule has 2 rings (SSSR count). The van der Waals surface area contributed by atoms with Crippen molar-refractivity contribution < 1.29 is 5.11 Å². The molecular formula is C16H32N4O. The maximum Gasteiger partial charge on any atom is 0.191 e. The Hall–Kier alpha value is -0.810. The first-order valence-corrected chi connectivity index (χ1v) is 8.72. The van der Waals surface area contributed by atoms with Crippen molar-refractivity contribution in [1.29, 1.82) is 0 Å². The van der Waals surface area contributed by atoms with Gasteiger partial charge in [-0.15, -0.1) is 0 Å². The number of hydrogen-bond donors (Lipinski definition) is 3. The van der Waals surface area contributed by atoms with Crippen molar-refractivity contribution in [3.05, 3.63) is 0 Å². The van der Waals surface area contributed by atoms with Crippen molar-refractivity contribution in [2.45, 2.75) is 51.6 Å². The third-order valence-corrected chi connectivity index (χ3v) is 4.62. The molecule has 0 amide bonds. The normalized spacial score (nSPS) is 27.8. The quantitative estimate of drug-likeness (QED) is 0.509. The molecule has 0 radical (unpaired) electrons. The summed E-state index contributed by atoms with van der Waals surface area (Å²) in [6, 6.07) is 0. The summed E-state index contributed by atoms with van der Waals surface area (Å²) in [6.07, 6.45) is 7.11. The smallest absolute Gasteiger partial charge is 0.191 e. The zero-order valence-electron chi connectivity index (χ0n) is 13.5. The van der Waals surface area contributed by atoms with Gasteiger partial charge >= 0.3 is 0 Å². The number of likely N-dealkylation sites (tertiary alicyclic amines) is 1. The lowest BCUT2D eigenvalue weighted by Crippen LogP contribution is -2.43. The van der Waals surface area contributed by atoms with E-state index in [4.69, 9.17) is 0 Å². The molecule has 2 atom stereocenters. The molecular weight excluding hydrogens is 264 g/mol.